The molecule has 0 aliphatic heterocycles. The monoisotopic (exact) mass is 309 g/mol. The molecule has 0 radical (unpaired) electrons. The summed E-state index contributed by atoms with van der Waals surface area (Å²) in [6, 6.07) is 11.8. The van der Waals surface area contributed by atoms with E-state index in [9.17, 15) is 5.11 Å². The van der Waals surface area contributed by atoms with Gasteiger partial charge in [0.25, 0.3) is 0 Å². The fourth-order valence-electron chi connectivity index (χ4n) is 1.36. The van der Waals surface area contributed by atoms with Crippen LogP contribution in [0.2, 0.25) is 0 Å². The number of aliphatic hydroxyl groups excluding tert-OH is 1. The second kappa shape index (κ2) is 5.67. The molecule has 1 atom stereocenters. The SMILES string of the molecule is CC(O)c1ccc(Sc2ccc(Br)cn2)cc1. The zero-order valence-electron chi connectivity index (χ0n) is 9.30. The Labute approximate surface area is 113 Å². The molecule has 2 rings (SSSR count). The van der Waals surface area contributed by atoms with Crippen LogP contribution in [0.3, 0.4) is 0 Å². The molecule has 4 heteroatoms. The van der Waals surface area contributed by atoms with Crippen molar-refractivity contribution in [3.63, 3.8) is 0 Å². The molecule has 17 heavy (non-hydrogen) atoms. The largest absolute Gasteiger partial charge is 0.389 e. The molecule has 1 N–H and O–H groups in total. The minimum absolute atomic E-state index is 0.417. The minimum Gasteiger partial charge on any atom is -0.389 e. The molecule has 1 aromatic carbocycles. The van der Waals surface area contributed by atoms with E-state index in [-0.39, 0.29) is 0 Å². The predicted octanol–water partition coefficient (Wildman–Crippen LogP) is 4.05. The summed E-state index contributed by atoms with van der Waals surface area (Å²) in [5.74, 6) is 0. The molecule has 1 aromatic heterocycles. The highest BCUT2D eigenvalue weighted by Gasteiger charge is 2.02. The zero-order chi connectivity index (χ0) is 12.3. The number of rotatable bonds is 3. The molecule has 0 amide bonds. The molecule has 1 unspecified atom stereocenters. The van der Waals surface area contributed by atoms with Crippen LogP contribution in [0.1, 0.15) is 18.6 Å². The maximum atomic E-state index is 9.41. The lowest BCUT2D eigenvalue weighted by Crippen LogP contribution is -1.89. The summed E-state index contributed by atoms with van der Waals surface area (Å²) < 4.78 is 0.978. The summed E-state index contributed by atoms with van der Waals surface area (Å²) in [7, 11) is 0. The van der Waals surface area contributed by atoms with Gasteiger partial charge in [-0.2, -0.15) is 0 Å². The number of benzene rings is 1. The maximum Gasteiger partial charge on any atom is 0.101 e. The van der Waals surface area contributed by atoms with Gasteiger partial charge in [-0.15, -0.1) is 0 Å². The lowest BCUT2D eigenvalue weighted by atomic mass is 10.1. The van der Waals surface area contributed by atoms with Crippen molar-refractivity contribution in [1.82, 2.24) is 4.98 Å². The van der Waals surface area contributed by atoms with Gasteiger partial charge in [-0.1, -0.05) is 23.9 Å². The van der Waals surface area contributed by atoms with Crippen LogP contribution >= 0.6 is 27.7 Å². The number of hydrogen-bond donors (Lipinski definition) is 1. The van der Waals surface area contributed by atoms with Crippen molar-refractivity contribution in [2.45, 2.75) is 22.9 Å². The first-order valence-corrected chi connectivity index (χ1v) is 6.83. The second-order valence-corrected chi connectivity index (χ2v) is 5.67. The van der Waals surface area contributed by atoms with Crippen LogP contribution in [0.25, 0.3) is 0 Å². The first kappa shape index (κ1) is 12.6. The van der Waals surface area contributed by atoms with E-state index >= 15 is 0 Å². The van der Waals surface area contributed by atoms with Gasteiger partial charge >= 0.3 is 0 Å². The van der Waals surface area contributed by atoms with E-state index in [1.165, 1.54) is 0 Å². The van der Waals surface area contributed by atoms with Gasteiger partial charge in [0.05, 0.1) is 6.10 Å². The van der Waals surface area contributed by atoms with Crippen molar-refractivity contribution < 1.29 is 5.11 Å². The molecular formula is C13H12BrNOS. The van der Waals surface area contributed by atoms with Gasteiger partial charge in [0.2, 0.25) is 0 Å². The van der Waals surface area contributed by atoms with Crippen molar-refractivity contribution in [1.29, 1.82) is 0 Å². The molecule has 2 aromatic rings. The third kappa shape index (κ3) is 3.56. The van der Waals surface area contributed by atoms with E-state index in [2.05, 4.69) is 20.9 Å². The molecule has 2 nitrogen and oxygen atoms in total. The van der Waals surface area contributed by atoms with E-state index in [1.807, 2.05) is 36.4 Å². The van der Waals surface area contributed by atoms with E-state index < -0.39 is 6.10 Å². The Morgan fingerprint density at radius 3 is 2.41 bits per heavy atom. The van der Waals surface area contributed by atoms with Gasteiger partial charge in [0.1, 0.15) is 5.03 Å². The van der Waals surface area contributed by atoms with Crippen molar-refractivity contribution in [2.24, 2.45) is 0 Å². The van der Waals surface area contributed by atoms with E-state index in [0.717, 1.165) is 20.0 Å². The Bertz CT molecular complexity index is 482. The fraction of sp³-hybridized carbons (Fsp3) is 0.154. The third-order valence-corrected chi connectivity index (χ3v) is 3.71. The van der Waals surface area contributed by atoms with Crippen molar-refractivity contribution in [2.75, 3.05) is 0 Å². The number of nitrogens with zero attached hydrogens (tertiary/aromatic N) is 1. The first-order chi connectivity index (χ1) is 8.15. The summed E-state index contributed by atoms with van der Waals surface area (Å²) in [6.45, 7) is 1.76. The highest BCUT2D eigenvalue weighted by molar-refractivity contribution is 9.10. The average Bonchev–Trinajstić information content (AvgIpc) is 2.33. The van der Waals surface area contributed by atoms with Crippen LogP contribution in [-0.4, -0.2) is 10.1 Å². The highest BCUT2D eigenvalue weighted by atomic mass is 79.9. The number of aromatic nitrogens is 1. The molecule has 0 aliphatic rings. The topological polar surface area (TPSA) is 33.1 Å². The smallest absolute Gasteiger partial charge is 0.101 e. The van der Waals surface area contributed by atoms with Crippen LogP contribution in [0, 0.1) is 0 Å². The van der Waals surface area contributed by atoms with E-state index in [1.54, 1.807) is 24.9 Å². The normalized spacial score (nSPS) is 12.4. The Hall–Kier alpha value is -0.840. The lowest BCUT2D eigenvalue weighted by molar-refractivity contribution is 0.199. The standard InChI is InChI=1S/C13H12BrNOS/c1-9(16)10-2-5-12(6-3-10)17-13-7-4-11(14)8-15-13/h2-9,16H,1H3. The molecule has 0 spiro atoms. The summed E-state index contributed by atoms with van der Waals surface area (Å²) in [6.07, 6.45) is 1.37. The average molecular weight is 310 g/mol. The summed E-state index contributed by atoms with van der Waals surface area (Å²) in [4.78, 5) is 5.41. The van der Waals surface area contributed by atoms with Crippen molar-refractivity contribution in [3.05, 3.63) is 52.6 Å². The summed E-state index contributed by atoms with van der Waals surface area (Å²) in [5.41, 5.74) is 0.929. The molecule has 88 valence electrons. The Morgan fingerprint density at radius 1 is 1.18 bits per heavy atom. The molecule has 0 bridgehead atoms. The molecule has 0 saturated carbocycles. The van der Waals surface area contributed by atoms with Gasteiger partial charge in [-0.05, 0) is 52.7 Å². The van der Waals surface area contributed by atoms with Crippen molar-refractivity contribution >= 4 is 27.7 Å². The van der Waals surface area contributed by atoms with Gasteiger partial charge in [-0.3, -0.25) is 0 Å². The van der Waals surface area contributed by atoms with E-state index in [0.29, 0.717) is 0 Å². The number of halogens is 1. The van der Waals surface area contributed by atoms with E-state index in [4.69, 9.17) is 0 Å². The maximum absolute atomic E-state index is 9.41. The quantitative estimate of drug-likeness (QED) is 0.928. The van der Waals surface area contributed by atoms with Gasteiger partial charge in [0, 0.05) is 15.6 Å². The second-order valence-electron chi connectivity index (χ2n) is 3.66. The number of aliphatic hydroxyl groups is 1. The van der Waals surface area contributed by atoms with Crippen LogP contribution in [0.15, 0.2) is 57.0 Å². The zero-order valence-corrected chi connectivity index (χ0v) is 11.7. The summed E-state index contributed by atoms with van der Waals surface area (Å²) >= 11 is 4.96. The predicted molar refractivity (Wildman–Crippen MR) is 73.1 cm³/mol. The van der Waals surface area contributed by atoms with Crippen molar-refractivity contribution in [3.8, 4) is 0 Å². The van der Waals surface area contributed by atoms with Crippen LogP contribution in [-0.2, 0) is 0 Å². The van der Waals surface area contributed by atoms with Crippen LogP contribution in [0.4, 0.5) is 0 Å². The Morgan fingerprint density at radius 2 is 1.88 bits per heavy atom. The van der Waals surface area contributed by atoms with Gasteiger partial charge in [-0.25, -0.2) is 4.98 Å². The molecule has 0 aliphatic carbocycles. The number of hydrogen-bond acceptors (Lipinski definition) is 3. The lowest BCUT2D eigenvalue weighted by Gasteiger charge is -2.05. The van der Waals surface area contributed by atoms with Gasteiger partial charge < -0.3 is 5.11 Å². The highest BCUT2D eigenvalue weighted by Crippen LogP contribution is 2.27. The molecular weight excluding hydrogens is 298 g/mol. The van der Waals surface area contributed by atoms with Crippen LogP contribution in [0.5, 0.6) is 0 Å². The molecule has 1 heterocycles. The number of pyridine rings is 1. The first-order valence-electron chi connectivity index (χ1n) is 5.22. The molecule has 0 fully saturated rings. The Kier molecular flexibility index (Phi) is 4.20. The third-order valence-electron chi connectivity index (χ3n) is 2.29. The Balaban J connectivity index is 2.11. The minimum atomic E-state index is -0.417. The van der Waals surface area contributed by atoms with Gasteiger partial charge in [0.15, 0.2) is 0 Å². The fourth-order valence-corrected chi connectivity index (χ4v) is 2.35. The van der Waals surface area contributed by atoms with Crippen LogP contribution < -0.4 is 0 Å². The molecule has 0 saturated heterocycles. The summed E-state index contributed by atoms with van der Waals surface area (Å²) in [5, 5.41) is 10.4.